The van der Waals surface area contributed by atoms with Gasteiger partial charge in [-0.15, -0.1) is 0 Å². The Balaban J connectivity index is 1.39. The Bertz CT molecular complexity index is 3130. The maximum atomic E-state index is 13.5. The number of allylic oxidation sites excluding steroid dienone is 4. The zero-order chi connectivity index (χ0) is 46.0. The van der Waals surface area contributed by atoms with Crippen molar-refractivity contribution in [3.63, 3.8) is 0 Å². The van der Waals surface area contributed by atoms with E-state index >= 15 is 0 Å². The van der Waals surface area contributed by atoms with Gasteiger partial charge in [0.2, 0.25) is 11.8 Å². The van der Waals surface area contributed by atoms with Crippen molar-refractivity contribution < 1.29 is 69.7 Å². The van der Waals surface area contributed by atoms with Crippen molar-refractivity contribution in [3.05, 3.63) is 113 Å². The van der Waals surface area contributed by atoms with Gasteiger partial charge in [-0.25, -0.2) is 9.59 Å². The number of benzene rings is 4. The second-order valence-electron chi connectivity index (χ2n) is 13.1. The minimum atomic E-state index is -5.12. The monoisotopic (exact) mass is 899 g/mol. The van der Waals surface area contributed by atoms with Crippen LogP contribution in [0.15, 0.2) is 122 Å². The van der Waals surface area contributed by atoms with E-state index in [0.29, 0.717) is 6.08 Å². The average Bonchev–Trinajstić information content (AvgIpc) is 3.21. The summed E-state index contributed by atoms with van der Waals surface area (Å²) < 4.78 is 74.8. The average molecular weight is 900 g/mol. The van der Waals surface area contributed by atoms with Crippen LogP contribution in [0.3, 0.4) is 0 Å². The quantitative estimate of drug-likeness (QED) is 0.0235. The molecule has 0 heterocycles. The molecule has 1 unspecified atom stereocenters. The highest BCUT2D eigenvalue weighted by Gasteiger charge is 2.32. The number of hydrazone groups is 2. The second kappa shape index (κ2) is 17.5. The SMILES string of the molecule is COc1cc(N/N=C2/C=CC(=O)C(C(=O)O)=C2)c2cc(S(=O)(=O)O)ccc2c1N/N=C1\C(=O)C=C(S(=O)(=O)O)c2cc(NC(=O)C(N=Nc3ccccc3C(=O)O)C(C)=O)ccc21. The summed E-state index contributed by atoms with van der Waals surface area (Å²) in [7, 11) is -8.66. The van der Waals surface area contributed by atoms with Crippen LogP contribution in [0.4, 0.5) is 22.7 Å². The fraction of sp³-hybridized carbons (Fsp3) is 0.0769. The van der Waals surface area contributed by atoms with Crippen molar-refractivity contribution in [3.8, 4) is 5.75 Å². The van der Waals surface area contributed by atoms with E-state index in [4.69, 9.17) is 4.74 Å². The Labute approximate surface area is 354 Å². The zero-order valence-corrected chi connectivity index (χ0v) is 33.8. The minimum absolute atomic E-state index is 0.0171. The number of carboxylic acid groups (broad SMARTS) is 2. The summed E-state index contributed by atoms with van der Waals surface area (Å²) in [5.74, 6) is -6.54. The number of nitrogens with one attached hydrogen (secondary N) is 3. The van der Waals surface area contributed by atoms with Crippen LogP contribution in [-0.2, 0) is 44.2 Å². The molecule has 2 aliphatic carbocycles. The molecule has 0 aromatic heterocycles. The number of fused-ring (bicyclic) bond motifs is 2. The van der Waals surface area contributed by atoms with Crippen LogP contribution < -0.4 is 20.9 Å². The highest BCUT2D eigenvalue weighted by molar-refractivity contribution is 7.95. The number of methoxy groups -OCH3 is 1. The van der Waals surface area contributed by atoms with E-state index in [1.165, 1.54) is 61.7 Å². The number of Topliss-reactive ketones (excluding diaryl/α,β-unsaturated/α-hetero) is 1. The van der Waals surface area contributed by atoms with Crippen molar-refractivity contribution in [2.45, 2.75) is 17.9 Å². The summed E-state index contributed by atoms with van der Waals surface area (Å²) in [6.45, 7) is 1.03. The lowest BCUT2D eigenvalue weighted by Crippen LogP contribution is -2.32. The van der Waals surface area contributed by atoms with Gasteiger partial charge in [-0.1, -0.05) is 18.2 Å². The molecule has 63 heavy (non-hydrogen) atoms. The summed E-state index contributed by atoms with van der Waals surface area (Å²) >= 11 is 0. The number of carbonyl (C=O) groups excluding carboxylic acids is 4. The van der Waals surface area contributed by atoms with Crippen LogP contribution in [0.25, 0.3) is 15.7 Å². The number of ketones is 3. The summed E-state index contributed by atoms with van der Waals surface area (Å²) in [6, 6.07) is 11.7. The Hall–Kier alpha value is -8.06. The summed E-state index contributed by atoms with van der Waals surface area (Å²) in [4.78, 5) is 72.7. The molecule has 0 bridgehead atoms. The van der Waals surface area contributed by atoms with Crippen molar-refractivity contribution in [1.82, 2.24) is 0 Å². The lowest BCUT2D eigenvalue weighted by atomic mass is 9.94. The van der Waals surface area contributed by atoms with E-state index in [1.54, 1.807) is 0 Å². The summed E-state index contributed by atoms with van der Waals surface area (Å²) in [5, 5.41) is 37.1. The Morgan fingerprint density at radius 1 is 0.762 bits per heavy atom. The van der Waals surface area contributed by atoms with Crippen LogP contribution in [-0.4, -0.2) is 95.9 Å². The molecule has 7 N–H and O–H groups in total. The number of amides is 1. The number of anilines is 3. The first-order valence-electron chi connectivity index (χ1n) is 17.6. The number of hydrogen-bond acceptors (Lipinski definition) is 17. The molecule has 24 heteroatoms. The Kier molecular flexibility index (Phi) is 12.4. The van der Waals surface area contributed by atoms with Crippen molar-refractivity contribution in [1.29, 1.82) is 0 Å². The zero-order valence-electron chi connectivity index (χ0n) is 32.1. The Morgan fingerprint density at radius 2 is 1.49 bits per heavy atom. The van der Waals surface area contributed by atoms with E-state index in [2.05, 4.69) is 36.6 Å². The lowest BCUT2D eigenvalue weighted by Gasteiger charge is -2.20. The van der Waals surface area contributed by atoms with Crippen LogP contribution in [0.2, 0.25) is 0 Å². The first-order valence-corrected chi connectivity index (χ1v) is 20.5. The predicted octanol–water partition coefficient (Wildman–Crippen LogP) is 4.02. The Morgan fingerprint density at radius 3 is 2.14 bits per heavy atom. The molecule has 0 aliphatic heterocycles. The topological polar surface area (TPSA) is 346 Å². The number of ether oxygens (including phenoxy) is 1. The molecular weight excluding hydrogens is 871 g/mol. The third-order valence-corrected chi connectivity index (χ3v) is 10.7. The number of aliphatic carboxylic acids is 1. The predicted molar refractivity (Wildman–Crippen MR) is 223 cm³/mol. The van der Waals surface area contributed by atoms with Gasteiger partial charge in [0, 0.05) is 39.7 Å². The molecule has 0 radical (unpaired) electrons. The van der Waals surface area contributed by atoms with Crippen LogP contribution in [0, 0.1) is 0 Å². The summed E-state index contributed by atoms with van der Waals surface area (Å²) in [6.07, 6.45) is 3.75. The highest BCUT2D eigenvalue weighted by Crippen LogP contribution is 2.40. The van der Waals surface area contributed by atoms with Crippen molar-refractivity contribution >= 4 is 105 Å². The van der Waals surface area contributed by atoms with E-state index in [9.17, 15) is 64.9 Å². The lowest BCUT2D eigenvalue weighted by molar-refractivity contribution is -0.134. The van der Waals surface area contributed by atoms with Gasteiger partial charge in [0.1, 0.15) is 27.6 Å². The fourth-order valence-corrected chi connectivity index (χ4v) is 7.26. The van der Waals surface area contributed by atoms with Gasteiger partial charge in [0.15, 0.2) is 11.6 Å². The van der Waals surface area contributed by atoms with Crippen molar-refractivity contribution in [2.24, 2.45) is 20.4 Å². The molecule has 22 nitrogen and oxygen atoms in total. The number of aromatic carboxylic acids is 1. The van der Waals surface area contributed by atoms with Gasteiger partial charge >= 0.3 is 11.9 Å². The van der Waals surface area contributed by atoms with Gasteiger partial charge in [-0.2, -0.15) is 37.3 Å². The number of rotatable bonds is 14. The molecule has 1 atom stereocenters. The highest BCUT2D eigenvalue weighted by atomic mass is 32.2. The van der Waals surface area contributed by atoms with E-state index in [1.807, 2.05) is 0 Å². The molecular formula is C39H29N7O15S2. The second-order valence-corrected chi connectivity index (χ2v) is 15.9. The molecule has 0 spiro atoms. The van der Waals surface area contributed by atoms with Gasteiger partial charge in [-0.05, 0) is 67.6 Å². The van der Waals surface area contributed by atoms with Crippen LogP contribution >= 0.6 is 0 Å². The number of hydrogen-bond donors (Lipinski definition) is 7. The van der Waals surface area contributed by atoms with E-state index in [-0.39, 0.29) is 61.7 Å². The van der Waals surface area contributed by atoms with Gasteiger partial charge in [-0.3, -0.25) is 39.1 Å². The molecule has 4 aromatic carbocycles. The smallest absolute Gasteiger partial charge is 0.339 e. The van der Waals surface area contributed by atoms with Gasteiger partial charge < -0.3 is 20.3 Å². The number of azo groups is 1. The molecule has 2 aliphatic rings. The standard InChI is InChI=1S/C39H29N7O15S2/c1-18(47)34(44-42-28-6-4-3-5-24(28)38(51)52)37(50)40-19-7-10-23-26(13-19)33(63(58,59)60)17-31(49)35(23)45-46-36-22-11-9-21(62(55,56)57)15-25(22)29(16-32(36)61-2)43-41-20-8-12-30(48)27(14-20)39(53)54/h3-17,34,43,46H,1-2H3,(H,40,50)(H,51,52)(H,53,54)(H,55,56,57)(H,58,59,60)/b41-20-,44-42?,45-35-. The fourth-order valence-electron chi connectivity index (χ4n) is 6.05. The maximum absolute atomic E-state index is 13.5. The maximum Gasteiger partial charge on any atom is 0.339 e. The van der Waals surface area contributed by atoms with Crippen LogP contribution in [0.1, 0.15) is 28.4 Å². The molecule has 0 saturated heterocycles. The first-order chi connectivity index (χ1) is 29.7. The summed E-state index contributed by atoms with van der Waals surface area (Å²) in [5.41, 5.74) is 3.21. The van der Waals surface area contributed by atoms with E-state index in [0.717, 1.165) is 37.3 Å². The number of carbonyl (C=O) groups is 6. The van der Waals surface area contributed by atoms with Crippen molar-refractivity contribution in [2.75, 3.05) is 23.3 Å². The number of carboxylic acids is 2. The van der Waals surface area contributed by atoms with E-state index < -0.39 is 82.6 Å². The largest absolute Gasteiger partial charge is 0.494 e. The molecule has 322 valence electrons. The molecule has 6 rings (SSSR count). The first kappa shape index (κ1) is 44.5. The molecule has 0 fully saturated rings. The molecule has 1 amide bonds. The normalized spacial score (nSPS) is 15.7. The molecule has 4 aromatic rings. The third-order valence-electron chi connectivity index (χ3n) is 9.00. The third kappa shape index (κ3) is 9.63. The molecule has 0 saturated carbocycles. The number of nitrogens with zero attached hydrogens (tertiary/aromatic N) is 4. The van der Waals surface area contributed by atoms with Gasteiger partial charge in [0.25, 0.3) is 26.1 Å². The van der Waals surface area contributed by atoms with Crippen LogP contribution in [0.5, 0.6) is 5.75 Å². The van der Waals surface area contributed by atoms with Gasteiger partial charge in [0.05, 0.1) is 34.7 Å². The minimum Gasteiger partial charge on any atom is -0.494 e.